The number of aromatic nitrogens is 2. The van der Waals surface area contributed by atoms with Gasteiger partial charge >= 0.3 is 11.8 Å². The SMILES string of the molecule is O=CN1CCN(C(=O)c2nnc(-c3cccc(Cl)c3)o2)CC1. The number of carbonyl (C=O) groups is 2. The van der Waals surface area contributed by atoms with Crippen molar-refractivity contribution in [1.82, 2.24) is 20.0 Å². The number of hydrogen-bond acceptors (Lipinski definition) is 5. The van der Waals surface area contributed by atoms with E-state index in [9.17, 15) is 9.59 Å². The third kappa shape index (κ3) is 2.94. The van der Waals surface area contributed by atoms with Gasteiger partial charge in [-0.2, -0.15) is 0 Å². The molecule has 0 aliphatic carbocycles. The zero-order chi connectivity index (χ0) is 15.5. The van der Waals surface area contributed by atoms with Crippen molar-refractivity contribution in [1.29, 1.82) is 0 Å². The van der Waals surface area contributed by atoms with Crippen LogP contribution in [0.3, 0.4) is 0 Å². The van der Waals surface area contributed by atoms with E-state index in [1.807, 2.05) is 0 Å². The van der Waals surface area contributed by atoms with Crippen molar-refractivity contribution >= 4 is 23.9 Å². The minimum atomic E-state index is -0.327. The number of piperazine rings is 1. The molecule has 0 N–H and O–H groups in total. The van der Waals surface area contributed by atoms with E-state index in [-0.39, 0.29) is 17.7 Å². The lowest BCUT2D eigenvalue weighted by molar-refractivity contribution is -0.119. The molecule has 0 spiro atoms. The molecule has 1 aromatic carbocycles. The fraction of sp³-hybridized carbons (Fsp3) is 0.286. The standard InChI is InChI=1S/C14H13ClN4O3/c15-11-3-1-2-10(8-11)12-16-17-13(22-12)14(21)19-6-4-18(9-20)5-7-19/h1-3,8-9H,4-7H2. The van der Waals surface area contributed by atoms with Gasteiger partial charge in [-0.3, -0.25) is 9.59 Å². The molecule has 1 aromatic heterocycles. The summed E-state index contributed by atoms with van der Waals surface area (Å²) in [6.45, 7) is 1.91. The summed E-state index contributed by atoms with van der Waals surface area (Å²) >= 11 is 5.92. The summed E-state index contributed by atoms with van der Waals surface area (Å²) < 4.78 is 5.44. The third-order valence-corrected chi connectivity index (χ3v) is 3.67. The van der Waals surface area contributed by atoms with E-state index >= 15 is 0 Å². The van der Waals surface area contributed by atoms with Crippen LogP contribution in [0.5, 0.6) is 0 Å². The number of rotatable bonds is 3. The molecular weight excluding hydrogens is 308 g/mol. The Kier molecular flexibility index (Phi) is 4.06. The van der Waals surface area contributed by atoms with Gasteiger partial charge in [0.25, 0.3) is 0 Å². The number of benzene rings is 1. The van der Waals surface area contributed by atoms with Crippen molar-refractivity contribution in [2.24, 2.45) is 0 Å². The van der Waals surface area contributed by atoms with Crippen LogP contribution < -0.4 is 0 Å². The fourth-order valence-corrected chi connectivity index (χ4v) is 2.40. The Balaban J connectivity index is 1.73. The van der Waals surface area contributed by atoms with Crippen LogP contribution in [0.4, 0.5) is 0 Å². The summed E-state index contributed by atoms with van der Waals surface area (Å²) in [6.07, 6.45) is 0.783. The number of hydrogen-bond donors (Lipinski definition) is 0. The first-order chi connectivity index (χ1) is 10.7. The van der Waals surface area contributed by atoms with Crippen LogP contribution in [0.1, 0.15) is 10.7 Å². The molecule has 8 heteroatoms. The molecule has 0 saturated carbocycles. The predicted molar refractivity (Wildman–Crippen MR) is 78.3 cm³/mol. The molecular formula is C14H13ClN4O3. The summed E-state index contributed by atoms with van der Waals surface area (Å²) in [5.41, 5.74) is 0.657. The summed E-state index contributed by atoms with van der Waals surface area (Å²) in [5.74, 6) is -0.141. The quantitative estimate of drug-likeness (QED) is 0.796. The fourth-order valence-electron chi connectivity index (χ4n) is 2.21. The van der Waals surface area contributed by atoms with Crippen LogP contribution in [0.15, 0.2) is 28.7 Å². The molecule has 2 amide bonds. The van der Waals surface area contributed by atoms with E-state index in [0.717, 1.165) is 6.41 Å². The minimum absolute atomic E-state index is 0.0606. The predicted octanol–water partition coefficient (Wildman–Crippen LogP) is 1.30. The van der Waals surface area contributed by atoms with Gasteiger partial charge in [-0.1, -0.05) is 17.7 Å². The highest BCUT2D eigenvalue weighted by Crippen LogP contribution is 2.21. The van der Waals surface area contributed by atoms with E-state index in [1.165, 1.54) is 0 Å². The van der Waals surface area contributed by atoms with Crippen molar-refractivity contribution < 1.29 is 14.0 Å². The molecule has 0 radical (unpaired) electrons. The monoisotopic (exact) mass is 320 g/mol. The molecule has 1 fully saturated rings. The number of carbonyl (C=O) groups excluding carboxylic acids is 2. The van der Waals surface area contributed by atoms with Gasteiger partial charge in [0.1, 0.15) is 0 Å². The molecule has 3 rings (SSSR count). The van der Waals surface area contributed by atoms with Crippen molar-refractivity contribution in [3.05, 3.63) is 35.2 Å². The molecule has 0 bridgehead atoms. The lowest BCUT2D eigenvalue weighted by atomic mass is 10.2. The van der Waals surface area contributed by atoms with E-state index < -0.39 is 0 Å². The molecule has 1 aliphatic rings. The maximum Gasteiger partial charge on any atom is 0.311 e. The Morgan fingerprint density at radius 3 is 2.68 bits per heavy atom. The van der Waals surface area contributed by atoms with Crippen molar-refractivity contribution in [2.75, 3.05) is 26.2 Å². The second-order valence-corrected chi connectivity index (χ2v) is 5.29. The normalized spacial score (nSPS) is 15.0. The highest BCUT2D eigenvalue weighted by atomic mass is 35.5. The van der Waals surface area contributed by atoms with Crippen molar-refractivity contribution in [2.45, 2.75) is 0 Å². The number of nitrogens with zero attached hydrogens (tertiary/aromatic N) is 4. The van der Waals surface area contributed by atoms with Crippen molar-refractivity contribution in [3.63, 3.8) is 0 Å². The summed E-state index contributed by atoms with van der Waals surface area (Å²) in [5, 5.41) is 8.24. The highest BCUT2D eigenvalue weighted by molar-refractivity contribution is 6.30. The number of amides is 2. The van der Waals surface area contributed by atoms with Crippen LogP contribution >= 0.6 is 11.6 Å². The Labute approximate surface area is 131 Å². The smallest absolute Gasteiger partial charge is 0.311 e. The average molecular weight is 321 g/mol. The summed E-state index contributed by atoms with van der Waals surface area (Å²) in [4.78, 5) is 26.2. The number of halogens is 1. The Bertz CT molecular complexity index is 695. The van der Waals surface area contributed by atoms with E-state index in [4.69, 9.17) is 16.0 Å². The third-order valence-electron chi connectivity index (χ3n) is 3.43. The van der Waals surface area contributed by atoms with Gasteiger partial charge in [-0.15, -0.1) is 10.2 Å². The van der Waals surface area contributed by atoms with Crippen molar-refractivity contribution in [3.8, 4) is 11.5 Å². The van der Waals surface area contributed by atoms with Gasteiger partial charge < -0.3 is 14.2 Å². The molecule has 0 unspecified atom stereocenters. The zero-order valence-corrected chi connectivity index (χ0v) is 12.4. The zero-order valence-electron chi connectivity index (χ0n) is 11.6. The first-order valence-corrected chi connectivity index (χ1v) is 7.13. The molecule has 2 heterocycles. The molecule has 114 valence electrons. The van der Waals surface area contributed by atoms with Gasteiger partial charge in [-0.05, 0) is 18.2 Å². The molecule has 22 heavy (non-hydrogen) atoms. The van der Waals surface area contributed by atoms with E-state index in [0.29, 0.717) is 36.8 Å². The van der Waals surface area contributed by atoms with Gasteiger partial charge in [-0.25, -0.2) is 0 Å². The second-order valence-electron chi connectivity index (χ2n) is 4.86. The minimum Gasteiger partial charge on any atom is -0.412 e. The van der Waals surface area contributed by atoms with Crippen LogP contribution in [0.25, 0.3) is 11.5 Å². The maximum atomic E-state index is 12.3. The van der Waals surface area contributed by atoms with Crippen LogP contribution in [-0.4, -0.2) is 58.5 Å². The lowest BCUT2D eigenvalue weighted by Crippen LogP contribution is -2.48. The van der Waals surface area contributed by atoms with Crippen LogP contribution in [0.2, 0.25) is 5.02 Å². The van der Waals surface area contributed by atoms with E-state index in [2.05, 4.69) is 10.2 Å². The van der Waals surface area contributed by atoms with Gasteiger partial charge in [0.15, 0.2) is 0 Å². The topological polar surface area (TPSA) is 79.5 Å². The first-order valence-electron chi connectivity index (χ1n) is 6.75. The summed E-state index contributed by atoms with van der Waals surface area (Å²) in [6, 6.07) is 6.96. The maximum absolute atomic E-state index is 12.3. The molecule has 0 atom stereocenters. The largest absolute Gasteiger partial charge is 0.412 e. The van der Waals surface area contributed by atoms with Gasteiger partial charge in [0.05, 0.1) is 0 Å². The van der Waals surface area contributed by atoms with Gasteiger partial charge in [0.2, 0.25) is 12.3 Å². The van der Waals surface area contributed by atoms with Gasteiger partial charge in [0, 0.05) is 36.8 Å². The molecule has 2 aromatic rings. The first kappa shape index (κ1) is 14.5. The molecule has 1 saturated heterocycles. The Morgan fingerprint density at radius 2 is 2.00 bits per heavy atom. The highest BCUT2D eigenvalue weighted by Gasteiger charge is 2.25. The molecule has 7 nitrogen and oxygen atoms in total. The van der Waals surface area contributed by atoms with Crippen LogP contribution in [0, 0.1) is 0 Å². The van der Waals surface area contributed by atoms with E-state index in [1.54, 1.807) is 34.1 Å². The molecule has 1 aliphatic heterocycles. The average Bonchev–Trinajstić information content (AvgIpc) is 3.04. The lowest BCUT2D eigenvalue weighted by Gasteiger charge is -2.31. The summed E-state index contributed by atoms with van der Waals surface area (Å²) in [7, 11) is 0. The second kappa shape index (κ2) is 6.15. The Morgan fingerprint density at radius 1 is 1.23 bits per heavy atom. The van der Waals surface area contributed by atoms with Crippen LogP contribution in [-0.2, 0) is 4.79 Å². The Hall–Kier alpha value is -2.41.